The molecule has 4 rings (SSSR count). The van der Waals surface area contributed by atoms with E-state index in [4.69, 9.17) is 5.14 Å². The summed E-state index contributed by atoms with van der Waals surface area (Å²) in [5.74, 6) is -0.289. The molecule has 0 unspecified atom stereocenters. The summed E-state index contributed by atoms with van der Waals surface area (Å²) in [6.45, 7) is 0. The Kier molecular flexibility index (Phi) is 3.41. The van der Waals surface area contributed by atoms with Crippen molar-refractivity contribution in [2.24, 2.45) is 5.14 Å². The third-order valence-corrected chi connectivity index (χ3v) is 5.00. The van der Waals surface area contributed by atoms with Gasteiger partial charge in [-0.1, -0.05) is 18.2 Å². The van der Waals surface area contributed by atoms with E-state index in [1.165, 1.54) is 12.1 Å². The van der Waals surface area contributed by atoms with Gasteiger partial charge < -0.3 is 5.32 Å². The molecule has 2 heterocycles. The number of rotatable bonds is 2. The van der Waals surface area contributed by atoms with E-state index in [-0.39, 0.29) is 10.8 Å². The van der Waals surface area contributed by atoms with E-state index >= 15 is 0 Å². The van der Waals surface area contributed by atoms with Gasteiger partial charge >= 0.3 is 0 Å². The largest absolute Gasteiger partial charge is 0.321 e. The van der Waals surface area contributed by atoms with Crippen LogP contribution in [0.5, 0.6) is 0 Å². The number of nitrogens with one attached hydrogen (secondary N) is 1. The second kappa shape index (κ2) is 5.51. The van der Waals surface area contributed by atoms with Crippen LogP contribution in [0.15, 0.2) is 59.6 Å². The fraction of sp³-hybridized carbons (Fsp3) is 0. The van der Waals surface area contributed by atoms with Crippen molar-refractivity contribution in [3.63, 3.8) is 0 Å². The van der Waals surface area contributed by atoms with Gasteiger partial charge in [0.15, 0.2) is 0 Å². The number of fused-ring (bicyclic) bond motifs is 2. The molecule has 1 aliphatic rings. The maximum Gasteiger partial charge on any atom is 0.256 e. The third-order valence-electron chi connectivity index (χ3n) is 4.09. The number of nitrogens with two attached hydrogens (primary N) is 1. The Bertz CT molecular complexity index is 1160. The van der Waals surface area contributed by atoms with E-state index in [2.05, 4.69) is 10.3 Å². The SMILES string of the molecule is NS(=O)(=O)c1ccc2c(c1)C(=Cc1ccnc3ccccc13)C(=O)N2. The summed E-state index contributed by atoms with van der Waals surface area (Å²) in [5, 5.41) is 8.84. The second-order valence-electron chi connectivity index (χ2n) is 5.68. The summed E-state index contributed by atoms with van der Waals surface area (Å²) >= 11 is 0. The quantitative estimate of drug-likeness (QED) is 0.692. The first-order valence-electron chi connectivity index (χ1n) is 7.47. The standard InChI is InChI=1S/C18H13N3O3S/c19-25(23,24)12-5-6-17-14(10-12)15(18(22)21-17)9-11-7-8-20-16-4-2-1-3-13(11)16/h1-10H,(H,21,22)(H2,19,23,24). The van der Waals surface area contributed by atoms with Crippen LogP contribution in [0.3, 0.4) is 0 Å². The average molecular weight is 351 g/mol. The maximum atomic E-state index is 12.4. The van der Waals surface area contributed by atoms with Gasteiger partial charge in [-0.3, -0.25) is 9.78 Å². The van der Waals surface area contributed by atoms with Crippen molar-refractivity contribution in [2.75, 3.05) is 5.32 Å². The molecule has 25 heavy (non-hydrogen) atoms. The lowest BCUT2D eigenvalue weighted by Crippen LogP contribution is -2.12. The van der Waals surface area contributed by atoms with E-state index in [0.29, 0.717) is 16.8 Å². The van der Waals surface area contributed by atoms with Crippen LogP contribution in [-0.4, -0.2) is 19.3 Å². The van der Waals surface area contributed by atoms with Crippen molar-refractivity contribution in [1.82, 2.24) is 4.98 Å². The summed E-state index contributed by atoms with van der Waals surface area (Å²) in [6.07, 6.45) is 3.40. The maximum absolute atomic E-state index is 12.4. The number of carbonyl (C=O) groups is 1. The Morgan fingerprint density at radius 2 is 1.88 bits per heavy atom. The van der Waals surface area contributed by atoms with Crippen molar-refractivity contribution in [3.05, 3.63) is 65.9 Å². The number of benzene rings is 2. The first-order chi connectivity index (χ1) is 11.9. The molecule has 7 heteroatoms. The van der Waals surface area contributed by atoms with Gasteiger partial charge in [0.05, 0.1) is 10.4 Å². The Hall–Kier alpha value is -3.03. The summed E-state index contributed by atoms with van der Waals surface area (Å²) in [7, 11) is -3.85. The zero-order chi connectivity index (χ0) is 17.6. The van der Waals surface area contributed by atoms with Gasteiger partial charge in [-0.15, -0.1) is 0 Å². The smallest absolute Gasteiger partial charge is 0.256 e. The topological polar surface area (TPSA) is 102 Å². The molecule has 0 fully saturated rings. The zero-order valence-electron chi connectivity index (χ0n) is 12.9. The molecule has 6 nitrogen and oxygen atoms in total. The zero-order valence-corrected chi connectivity index (χ0v) is 13.7. The fourth-order valence-electron chi connectivity index (χ4n) is 2.89. The Labute approximate surface area is 144 Å². The molecule has 0 saturated carbocycles. The highest BCUT2D eigenvalue weighted by Crippen LogP contribution is 2.35. The highest BCUT2D eigenvalue weighted by atomic mass is 32.2. The first kappa shape index (κ1) is 15.5. The average Bonchev–Trinajstić information content (AvgIpc) is 2.89. The first-order valence-corrected chi connectivity index (χ1v) is 9.02. The number of nitrogens with zero attached hydrogens (tertiary/aromatic N) is 1. The minimum atomic E-state index is -3.85. The number of para-hydroxylation sites is 1. The molecule has 3 aromatic rings. The van der Waals surface area contributed by atoms with Gasteiger partial charge in [0.1, 0.15) is 0 Å². The van der Waals surface area contributed by atoms with Gasteiger partial charge in [-0.25, -0.2) is 13.6 Å². The predicted octanol–water partition coefficient (Wildman–Crippen LogP) is 2.37. The molecule has 2 aromatic carbocycles. The molecule has 0 saturated heterocycles. The van der Waals surface area contributed by atoms with Crippen LogP contribution in [-0.2, 0) is 14.8 Å². The van der Waals surface area contributed by atoms with Crippen LogP contribution in [0.1, 0.15) is 11.1 Å². The Balaban J connectivity index is 1.92. The molecular formula is C18H13N3O3S. The van der Waals surface area contributed by atoms with Crippen LogP contribution >= 0.6 is 0 Å². The van der Waals surface area contributed by atoms with Crippen molar-refractivity contribution >= 4 is 44.2 Å². The van der Waals surface area contributed by atoms with Crippen molar-refractivity contribution in [2.45, 2.75) is 4.90 Å². The summed E-state index contributed by atoms with van der Waals surface area (Å²) in [5.41, 5.74) is 3.09. The van der Waals surface area contributed by atoms with Crippen LogP contribution in [0, 0.1) is 0 Å². The Morgan fingerprint density at radius 1 is 1.08 bits per heavy atom. The molecule has 0 spiro atoms. The van der Waals surface area contributed by atoms with E-state index in [9.17, 15) is 13.2 Å². The lowest BCUT2D eigenvalue weighted by molar-refractivity contribution is -0.110. The molecule has 124 valence electrons. The van der Waals surface area contributed by atoms with Gasteiger partial charge in [0.2, 0.25) is 10.0 Å². The number of hydrogen-bond acceptors (Lipinski definition) is 4. The molecule has 0 radical (unpaired) electrons. The number of amides is 1. The summed E-state index contributed by atoms with van der Waals surface area (Å²) in [6, 6.07) is 13.7. The minimum absolute atomic E-state index is 0.0340. The van der Waals surface area contributed by atoms with Gasteiger partial charge in [0.25, 0.3) is 5.91 Å². The van der Waals surface area contributed by atoms with Crippen molar-refractivity contribution in [1.29, 1.82) is 0 Å². The third kappa shape index (κ3) is 2.69. The van der Waals surface area contributed by atoms with E-state index in [0.717, 1.165) is 16.5 Å². The van der Waals surface area contributed by atoms with E-state index < -0.39 is 10.0 Å². The highest BCUT2D eigenvalue weighted by molar-refractivity contribution is 7.89. The normalized spacial score (nSPS) is 15.4. The monoisotopic (exact) mass is 351 g/mol. The lowest BCUT2D eigenvalue weighted by atomic mass is 10.0. The molecule has 0 bridgehead atoms. The number of hydrogen-bond donors (Lipinski definition) is 2. The molecule has 1 aliphatic heterocycles. The summed E-state index contributed by atoms with van der Waals surface area (Å²) < 4.78 is 23.2. The van der Waals surface area contributed by atoms with E-state index in [1.807, 2.05) is 30.3 Å². The van der Waals surface area contributed by atoms with Crippen LogP contribution in [0.25, 0.3) is 22.6 Å². The summed E-state index contributed by atoms with van der Waals surface area (Å²) in [4.78, 5) is 16.6. The van der Waals surface area contributed by atoms with Gasteiger partial charge in [-0.05, 0) is 42.0 Å². The van der Waals surface area contributed by atoms with Gasteiger partial charge in [-0.2, -0.15) is 0 Å². The molecular weight excluding hydrogens is 338 g/mol. The molecule has 1 aromatic heterocycles. The predicted molar refractivity (Wildman–Crippen MR) is 96.1 cm³/mol. The molecule has 3 N–H and O–H groups in total. The molecule has 0 atom stereocenters. The number of pyridine rings is 1. The van der Waals surface area contributed by atoms with E-state index in [1.54, 1.807) is 18.3 Å². The second-order valence-corrected chi connectivity index (χ2v) is 7.24. The van der Waals surface area contributed by atoms with Crippen LogP contribution < -0.4 is 10.5 Å². The van der Waals surface area contributed by atoms with Crippen LogP contribution in [0.2, 0.25) is 0 Å². The van der Waals surface area contributed by atoms with Crippen molar-refractivity contribution in [3.8, 4) is 0 Å². The van der Waals surface area contributed by atoms with Crippen LogP contribution in [0.4, 0.5) is 5.69 Å². The fourth-order valence-corrected chi connectivity index (χ4v) is 3.43. The highest BCUT2D eigenvalue weighted by Gasteiger charge is 2.26. The van der Waals surface area contributed by atoms with Crippen molar-refractivity contribution < 1.29 is 13.2 Å². The number of carbonyl (C=O) groups excluding carboxylic acids is 1. The number of aromatic nitrogens is 1. The lowest BCUT2D eigenvalue weighted by Gasteiger charge is -2.04. The minimum Gasteiger partial charge on any atom is -0.321 e. The molecule has 0 aliphatic carbocycles. The van der Waals surface area contributed by atoms with Gasteiger partial charge in [0, 0.05) is 28.4 Å². The number of primary sulfonamides is 1. The Morgan fingerprint density at radius 3 is 2.68 bits per heavy atom. The number of anilines is 1. The number of sulfonamides is 1. The molecule has 1 amide bonds.